The molecule has 0 radical (unpaired) electrons. The number of hydrogen-bond donors (Lipinski definition) is 1. The Morgan fingerprint density at radius 1 is 1.10 bits per heavy atom. The fraction of sp³-hybridized carbons (Fsp3) is 0.294. The molecule has 2 atom stereocenters. The minimum Gasteiger partial charge on any atom is -0.497 e. The quantitative estimate of drug-likeness (QED) is 0.939. The number of benzene rings is 2. The van der Waals surface area contributed by atoms with Crippen LogP contribution in [0.2, 0.25) is 0 Å². The SMILES string of the molecule is COc1cc(OC)cc(C(O)C2Cc3ccccc3S2)c1. The highest BCUT2D eigenvalue weighted by Gasteiger charge is 2.29. The van der Waals surface area contributed by atoms with Gasteiger partial charge in [-0.05, 0) is 35.7 Å². The third-order valence-electron chi connectivity index (χ3n) is 3.74. The summed E-state index contributed by atoms with van der Waals surface area (Å²) in [6, 6.07) is 13.9. The number of fused-ring (bicyclic) bond motifs is 1. The van der Waals surface area contributed by atoms with Crippen LogP contribution in [0.4, 0.5) is 0 Å². The molecule has 0 aliphatic carbocycles. The van der Waals surface area contributed by atoms with Gasteiger partial charge in [-0.15, -0.1) is 11.8 Å². The van der Waals surface area contributed by atoms with Gasteiger partial charge in [-0.2, -0.15) is 0 Å². The van der Waals surface area contributed by atoms with E-state index in [1.807, 2.05) is 30.3 Å². The lowest BCUT2D eigenvalue weighted by Gasteiger charge is -2.19. The molecule has 1 aliphatic rings. The lowest BCUT2D eigenvalue weighted by Crippen LogP contribution is -2.14. The van der Waals surface area contributed by atoms with Gasteiger partial charge in [0.2, 0.25) is 0 Å². The van der Waals surface area contributed by atoms with Crippen LogP contribution in [0.1, 0.15) is 17.2 Å². The fourth-order valence-electron chi connectivity index (χ4n) is 2.60. The van der Waals surface area contributed by atoms with Gasteiger partial charge in [-0.25, -0.2) is 0 Å². The zero-order valence-corrected chi connectivity index (χ0v) is 12.9. The van der Waals surface area contributed by atoms with E-state index >= 15 is 0 Å². The summed E-state index contributed by atoms with van der Waals surface area (Å²) in [5.74, 6) is 1.40. The second-order valence-corrected chi connectivity index (χ2v) is 6.34. The number of thioether (sulfide) groups is 1. The number of aliphatic hydroxyl groups excluding tert-OH is 1. The monoisotopic (exact) mass is 302 g/mol. The molecule has 0 bridgehead atoms. The summed E-state index contributed by atoms with van der Waals surface area (Å²) in [6.45, 7) is 0. The van der Waals surface area contributed by atoms with E-state index in [0.29, 0.717) is 11.5 Å². The van der Waals surface area contributed by atoms with Gasteiger partial charge in [0.1, 0.15) is 11.5 Å². The van der Waals surface area contributed by atoms with E-state index in [2.05, 4.69) is 12.1 Å². The van der Waals surface area contributed by atoms with Crippen molar-refractivity contribution in [2.75, 3.05) is 14.2 Å². The molecule has 3 nitrogen and oxygen atoms in total. The molecule has 110 valence electrons. The minimum atomic E-state index is -0.550. The number of aliphatic hydroxyl groups is 1. The van der Waals surface area contributed by atoms with Crippen LogP contribution in [-0.2, 0) is 6.42 Å². The first-order valence-corrected chi connectivity index (χ1v) is 7.75. The normalized spacial score (nSPS) is 18.1. The van der Waals surface area contributed by atoms with Gasteiger partial charge in [-0.1, -0.05) is 18.2 Å². The van der Waals surface area contributed by atoms with Crippen LogP contribution in [0, 0.1) is 0 Å². The second-order valence-electron chi connectivity index (χ2n) is 5.06. The smallest absolute Gasteiger partial charge is 0.122 e. The van der Waals surface area contributed by atoms with E-state index in [0.717, 1.165) is 12.0 Å². The molecule has 0 aromatic heterocycles. The maximum absolute atomic E-state index is 10.7. The molecule has 0 fully saturated rings. The van der Waals surface area contributed by atoms with Gasteiger partial charge in [0.15, 0.2) is 0 Å². The Morgan fingerprint density at radius 3 is 2.38 bits per heavy atom. The molecule has 2 unspecified atom stereocenters. The van der Waals surface area contributed by atoms with Gasteiger partial charge in [0.05, 0.1) is 20.3 Å². The molecule has 21 heavy (non-hydrogen) atoms. The number of rotatable bonds is 4. The average molecular weight is 302 g/mol. The van der Waals surface area contributed by atoms with Crippen molar-refractivity contribution >= 4 is 11.8 Å². The molecule has 1 heterocycles. The van der Waals surface area contributed by atoms with Crippen LogP contribution in [0.15, 0.2) is 47.4 Å². The molecule has 0 amide bonds. The number of ether oxygens (including phenoxy) is 2. The van der Waals surface area contributed by atoms with Crippen molar-refractivity contribution < 1.29 is 14.6 Å². The highest BCUT2D eigenvalue weighted by Crippen LogP contribution is 2.43. The van der Waals surface area contributed by atoms with Crippen molar-refractivity contribution in [3.8, 4) is 11.5 Å². The second kappa shape index (κ2) is 6.00. The maximum atomic E-state index is 10.7. The van der Waals surface area contributed by atoms with E-state index in [9.17, 15) is 5.11 Å². The summed E-state index contributed by atoms with van der Waals surface area (Å²) < 4.78 is 10.5. The van der Waals surface area contributed by atoms with Crippen molar-refractivity contribution in [2.45, 2.75) is 22.7 Å². The predicted octanol–water partition coefficient (Wildman–Crippen LogP) is 3.45. The molecule has 2 aromatic carbocycles. The molecule has 3 rings (SSSR count). The molecule has 2 aromatic rings. The Morgan fingerprint density at radius 2 is 1.76 bits per heavy atom. The molecule has 0 saturated carbocycles. The average Bonchev–Trinajstić information content (AvgIpc) is 2.97. The first-order chi connectivity index (χ1) is 10.2. The third-order valence-corrected chi connectivity index (χ3v) is 5.12. The van der Waals surface area contributed by atoms with E-state index < -0.39 is 6.10 Å². The van der Waals surface area contributed by atoms with Crippen molar-refractivity contribution in [3.05, 3.63) is 53.6 Å². The van der Waals surface area contributed by atoms with Crippen molar-refractivity contribution in [1.29, 1.82) is 0 Å². The summed E-state index contributed by atoms with van der Waals surface area (Å²) in [5, 5.41) is 10.8. The summed E-state index contributed by atoms with van der Waals surface area (Å²) in [5.41, 5.74) is 2.14. The van der Waals surface area contributed by atoms with Crippen LogP contribution in [0.5, 0.6) is 11.5 Å². The fourth-order valence-corrected chi connectivity index (χ4v) is 3.93. The molecule has 4 heteroatoms. The predicted molar refractivity (Wildman–Crippen MR) is 84.3 cm³/mol. The van der Waals surface area contributed by atoms with Gasteiger partial charge in [0.25, 0.3) is 0 Å². The van der Waals surface area contributed by atoms with Crippen LogP contribution < -0.4 is 9.47 Å². The Balaban J connectivity index is 1.85. The van der Waals surface area contributed by atoms with Gasteiger partial charge >= 0.3 is 0 Å². The van der Waals surface area contributed by atoms with E-state index in [1.165, 1.54) is 10.5 Å². The Labute approximate surface area is 128 Å². The Bertz CT molecular complexity index is 594. The lowest BCUT2D eigenvalue weighted by atomic mass is 10.0. The van der Waals surface area contributed by atoms with E-state index in [-0.39, 0.29) is 5.25 Å². The topological polar surface area (TPSA) is 38.7 Å². The highest BCUT2D eigenvalue weighted by molar-refractivity contribution is 8.00. The summed E-state index contributed by atoms with van der Waals surface area (Å²) in [7, 11) is 3.23. The third kappa shape index (κ3) is 2.87. The summed E-state index contributed by atoms with van der Waals surface area (Å²) in [4.78, 5) is 1.26. The number of methoxy groups -OCH3 is 2. The number of hydrogen-bond acceptors (Lipinski definition) is 4. The first kappa shape index (κ1) is 14.3. The Hall–Kier alpha value is -1.65. The molecule has 0 saturated heterocycles. The van der Waals surface area contributed by atoms with Crippen molar-refractivity contribution in [2.24, 2.45) is 0 Å². The van der Waals surface area contributed by atoms with Gasteiger partial charge in [0, 0.05) is 16.2 Å². The van der Waals surface area contributed by atoms with Crippen LogP contribution in [0.3, 0.4) is 0 Å². The molecular weight excluding hydrogens is 284 g/mol. The van der Waals surface area contributed by atoms with E-state index in [4.69, 9.17) is 9.47 Å². The minimum absolute atomic E-state index is 0.124. The molecular formula is C17H18O3S. The lowest BCUT2D eigenvalue weighted by molar-refractivity contribution is 0.174. The Kier molecular flexibility index (Phi) is 4.08. The summed E-state index contributed by atoms with van der Waals surface area (Å²) >= 11 is 1.73. The molecule has 1 N–H and O–H groups in total. The molecule has 0 spiro atoms. The molecule has 1 aliphatic heterocycles. The zero-order chi connectivity index (χ0) is 14.8. The maximum Gasteiger partial charge on any atom is 0.122 e. The van der Waals surface area contributed by atoms with Crippen LogP contribution >= 0.6 is 11.8 Å². The van der Waals surface area contributed by atoms with Gasteiger partial charge in [-0.3, -0.25) is 0 Å². The standard InChI is InChI=1S/C17H18O3S/c1-19-13-7-12(8-14(10-13)20-2)17(18)16-9-11-5-3-4-6-15(11)21-16/h3-8,10,16-18H,9H2,1-2H3. The first-order valence-electron chi connectivity index (χ1n) is 6.87. The van der Waals surface area contributed by atoms with Crippen LogP contribution in [0.25, 0.3) is 0 Å². The van der Waals surface area contributed by atoms with Crippen molar-refractivity contribution in [1.82, 2.24) is 0 Å². The van der Waals surface area contributed by atoms with Crippen LogP contribution in [-0.4, -0.2) is 24.6 Å². The largest absolute Gasteiger partial charge is 0.497 e. The summed E-state index contributed by atoms with van der Waals surface area (Å²) in [6.07, 6.45) is 0.327. The van der Waals surface area contributed by atoms with Gasteiger partial charge < -0.3 is 14.6 Å². The highest BCUT2D eigenvalue weighted by atomic mass is 32.2. The van der Waals surface area contributed by atoms with E-state index in [1.54, 1.807) is 26.0 Å². The zero-order valence-electron chi connectivity index (χ0n) is 12.1. The van der Waals surface area contributed by atoms with Crippen molar-refractivity contribution in [3.63, 3.8) is 0 Å².